The number of hydrogen-bond acceptors (Lipinski definition) is 1. The van der Waals surface area contributed by atoms with Gasteiger partial charge in [-0.25, -0.2) is 0 Å². The summed E-state index contributed by atoms with van der Waals surface area (Å²) < 4.78 is 0. The van der Waals surface area contributed by atoms with Gasteiger partial charge in [0.2, 0.25) is 0 Å². The topological polar surface area (TPSA) is 17.1 Å². The number of allylic oxidation sites excluding steroid dienone is 1. The van der Waals surface area contributed by atoms with E-state index in [0.29, 0.717) is 0 Å². The molecule has 156 valence electrons. The monoisotopic (exact) mass is 390 g/mol. The molecule has 0 bridgehead atoms. The van der Waals surface area contributed by atoms with Gasteiger partial charge in [-0.15, -0.1) is 0 Å². The number of hydrogen-bond donors (Lipinski definition) is 0. The molecule has 0 unspecified atom stereocenters. The fourth-order valence-corrected chi connectivity index (χ4v) is 3.71. The van der Waals surface area contributed by atoms with Crippen LogP contribution in [0.4, 0.5) is 0 Å². The predicted octanol–water partition coefficient (Wildman–Crippen LogP) is 8.27. The van der Waals surface area contributed by atoms with E-state index in [1.807, 2.05) is 38.1 Å². The number of unbranched alkanes of at least 4 members (excludes halogenated alkanes) is 8. The first kappa shape index (κ1) is 23.1. The van der Waals surface area contributed by atoms with Crippen LogP contribution in [0.2, 0.25) is 0 Å². The van der Waals surface area contributed by atoms with Gasteiger partial charge in [-0.3, -0.25) is 4.79 Å². The summed E-state index contributed by atoms with van der Waals surface area (Å²) in [6.07, 6.45) is 17.1. The molecular formula is C28H38O. The van der Waals surface area contributed by atoms with Crippen LogP contribution in [-0.4, -0.2) is 5.78 Å². The molecule has 29 heavy (non-hydrogen) atoms. The van der Waals surface area contributed by atoms with Crippen LogP contribution in [0.3, 0.4) is 0 Å². The van der Waals surface area contributed by atoms with Gasteiger partial charge in [0.05, 0.1) is 0 Å². The zero-order valence-corrected chi connectivity index (χ0v) is 18.7. The molecule has 2 aromatic rings. The van der Waals surface area contributed by atoms with Gasteiger partial charge in [-0.1, -0.05) is 107 Å². The average Bonchev–Trinajstić information content (AvgIpc) is 2.73. The zero-order chi connectivity index (χ0) is 20.9. The molecule has 0 atom stereocenters. The lowest BCUT2D eigenvalue weighted by molar-refractivity contribution is 0.104. The lowest BCUT2D eigenvalue weighted by Gasteiger charge is -2.05. The number of carbonyl (C=O) groups is 1. The van der Waals surface area contributed by atoms with E-state index in [-0.39, 0.29) is 5.78 Å². The molecule has 0 aliphatic rings. The van der Waals surface area contributed by atoms with E-state index in [0.717, 1.165) is 28.7 Å². The minimum atomic E-state index is 0.0740. The van der Waals surface area contributed by atoms with Crippen molar-refractivity contribution in [3.05, 3.63) is 76.4 Å². The van der Waals surface area contributed by atoms with Crippen molar-refractivity contribution in [1.82, 2.24) is 0 Å². The molecule has 0 saturated carbocycles. The van der Waals surface area contributed by atoms with E-state index in [4.69, 9.17) is 0 Å². The normalized spacial score (nSPS) is 11.3. The lowest BCUT2D eigenvalue weighted by atomic mass is 9.99. The van der Waals surface area contributed by atoms with Crippen LogP contribution >= 0.6 is 0 Å². The molecule has 0 spiro atoms. The summed E-state index contributed by atoms with van der Waals surface area (Å²) in [6, 6.07) is 14.5. The van der Waals surface area contributed by atoms with Gasteiger partial charge in [0, 0.05) is 5.56 Å². The Hall–Kier alpha value is -2.15. The average molecular weight is 391 g/mol. The summed E-state index contributed by atoms with van der Waals surface area (Å²) in [5.41, 5.74) is 5.50. The molecule has 2 rings (SSSR count). The fraction of sp³-hybridized carbons (Fsp3) is 0.464. The van der Waals surface area contributed by atoms with Gasteiger partial charge < -0.3 is 0 Å². The highest BCUT2D eigenvalue weighted by Crippen LogP contribution is 2.16. The largest absolute Gasteiger partial charge is 0.289 e. The van der Waals surface area contributed by atoms with Crippen molar-refractivity contribution < 1.29 is 4.79 Å². The van der Waals surface area contributed by atoms with Gasteiger partial charge in [-0.2, -0.15) is 0 Å². The maximum atomic E-state index is 12.5. The molecule has 0 fully saturated rings. The van der Waals surface area contributed by atoms with Crippen LogP contribution < -0.4 is 0 Å². The first-order valence-corrected chi connectivity index (χ1v) is 11.5. The van der Waals surface area contributed by atoms with Gasteiger partial charge in [0.1, 0.15) is 0 Å². The Bertz CT molecular complexity index is 767. The minimum absolute atomic E-state index is 0.0740. The van der Waals surface area contributed by atoms with Crippen molar-refractivity contribution in [2.45, 2.75) is 85.0 Å². The first-order chi connectivity index (χ1) is 14.1. The second kappa shape index (κ2) is 13.1. The second-order valence-electron chi connectivity index (χ2n) is 8.27. The zero-order valence-electron chi connectivity index (χ0n) is 18.7. The highest BCUT2D eigenvalue weighted by atomic mass is 16.1. The molecule has 0 aromatic heterocycles. The third kappa shape index (κ3) is 8.40. The highest BCUT2D eigenvalue weighted by molar-refractivity contribution is 6.07. The summed E-state index contributed by atoms with van der Waals surface area (Å²) in [6.45, 7) is 6.33. The second-order valence-corrected chi connectivity index (χ2v) is 8.27. The maximum absolute atomic E-state index is 12.5. The molecule has 1 nitrogen and oxygen atoms in total. The lowest BCUT2D eigenvalue weighted by Crippen LogP contribution is -1.99. The van der Waals surface area contributed by atoms with Crippen molar-refractivity contribution in [3.8, 4) is 0 Å². The van der Waals surface area contributed by atoms with E-state index >= 15 is 0 Å². The quantitative estimate of drug-likeness (QED) is 0.191. The van der Waals surface area contributed by atoms with Crippen LogP contribution in [0.25, 0.3) is 6.08 Å². The van der Waals surface area contributed by atoms with E-state index < -0.39 is 0 Å². The Balaban J connectivity index is 1.71. The van der Waals surface area contributed by atoms with Gasteiger partial charge >= 0.3 is 0 Å². The highest BCUT2D eigenvalue weighted by Gasteiger charge is 2.06. The Morgan fingerprint density at radius 1 is 0.793 bits per heavy atom. The SMILES string of the molecule is CCCCCCCCCCCc1ccc(C=CC(=O)c2cccc(C)c2C)cc1. The van der Waals surface area contributed by atoms with Crippen molar-refractivity contribution in [2.75, 3.05) is 0 Å². The van der Waals surface area contributed by atoms with Crippen molar-refractivity contribution in [3.63, 3.8) is 0 Å². The van der Waals surface area contributed by atoms with Crippen molar-refractivity contribution in [2.24, 2.45) is 0 Å². The number of carbonyl (C=O) groups excluding carboxylic acids is 1. The predicted molar refractivity (Wildman–Crippen MR) is 127 cm³/mol. The fourth-order valence-electron chi connectivity index (χ4n) is 3.71. The van der Waals surface area contributed by atoms with E-state index in [2.05, 4.69) is 31.2 Å². The Kier molecular flexibility index (Phi) is 10.5. The molecule has 0 aliphatic carbocycles. The van der Waals surface area contributed by atoms with Crippen LogP contribution in [-0.2, 0) is 6.42 Å². The smallest absolute Gasteiger partial charge is 0.186 e. The van der Waals surface area contributed by atoms with E-state index in [1.54, 1.807) is 6.08 Å². The number of ketones is 1. The maximum Gasteiger partial charge on any atom is 0.186 e. The summed E-state index contributed by atoms with van der Waals surface area (Å²) in [7, 11) is 0. The van der Waals surface area contributed by atoms with Gasteiger partial charge in [0.15, 0.2) is 5.78 Å². The summed E-state index contributed by atoms with van der Waals surface area (Å²) in [5.74, 6) is 0.0740. The van der Waals surface area contributed by atoms with Crippen molar-refractivity contribution in [1.29, 1.82) is 0 Å². The Morgan fingerprint density at radius 3 is 2.07 bits per heavy atom. The number of benzene rings is 2. The molecule has 0 aliphatic heterocycles. The molecule has 0 saturated heterocycles. The number of rotatable bonds is 13. The van der Waals surface area contributed by atoms with Crippen LogP contribution in [0.5, 0.6) is 0 Å². The van der Waals surface area contributed by atoms with Crippen molar-refractivity contribution >= 4 is 11.9 Å². The molecule has 0 N–H and O–H groups in total. The third-order valence-electron chi connectivity index (χ3n) is 5.85. The van der Waals surface area contributed by atoms with Gasteiger partial charge in [0.25, 0.3) is 0 Å². The summed E-state index contributed by atoms with van der Waals surface area (Å²) in [4.78, 5) is 12.5. The van der Waals surface area contributed by atoms with E-state index in [9.17, 15) is 4.79 Å². The van der Waals surface area contributed by atoms with Gasteiger partial charge in [-0.05, 0) is 55.0 Å². The molecule has 0 radical (unpaired) electrons. The van der Waals surface area contributed by atoms with Crippen LogP contribution in [0, 0.1) is 13.8 Å². The first-order valence-electron chi connectivity index (χ1n) is 11.5. The molecular weight excluding hydrogens is 352 g/mol. The summed E-state index contributed by atoms with van der Waals surface area (Å²) in [5, 5.41) is 0. The Morgan fingerprint density at radius 2 is 1.41 bits per heavy atom. The molecule has 2 aromatic carbocycles. The standard InChI is InChI=1S/C28H38O/c1-4-5-6-7-8-9-10-11-12-15-25-17-19-26(20-18-25)21-22-28(29)27-16-13-14-23(2)24(27)3/h13-14,16-22H,4-12,15H2,1-3H3. The van der Waals surface area contributed by atoms with Crippen LogP contribution in [0.1, 0.15) is 97.3 Å². The number of aryl methyl sites for hydroxylation is 2. The molecule has 1 heteroatoms. The Labute approximate surface area is 178 Å². The minimum Gasteiger partial charge on any atom is -0.289 e. The molecule has 0 heterocycles. The molecule has 0 amide bonds. The third-order valence-corrected chi connectivity index (χ3v) is 5.85. The van der Waals surface area contributed by atoms with Crippen LogP contribution in [0.15, 0.2) is 48.5 Å². The summed E-state index contributed by atoms with van der Waals surface area (Å²) >= 11 is 0. The van der Waals surface area contributed by atoms with E-state index in [1.165, 1.54) is 63.4 Å².